The van der Waals surface area contributed by atoms with Gasteiger partial charge in [0.15, 0.2) is 18.6 Å². The number of unbranched alkanes of at least 4 members (excludes halogenated alkanes) is 3. The zero-order chi connectivity index (χ0) is 32.5. The zero-order valence-electron chi connectivity index (χ0n) is 26.3. The van der Waals surface area contributed by atoms with Gasteiger partial charge in [-0.3, -0.25) is 10.3 Å². The van der Waals surface area contributed by atoms with Crippen LogP contribution in [0.1, 0.15) is 59.3 Å². The maximum absolute atomic E-state index is 12.3. The number of nitriles is 1. The number of piperidine rings is 1. The molecule has 12 nitrogen and oxygen atoms in total. The van der Waals surface area contributed by atoms with Crippen LogP contribution >= 0.6 is 11.6 Å². The van der Waals surface area contributed by atoms with Crippen molar-refractivity contribution >= 4 is 35.5 Å². The summed E-state index contributed by atoms with van der Waals surface area (Å²) in [5.41, 5.74) is 0.151. The molecule has 1 aromatic heterocycles. The van der Waals surface area contributed by atoms with Crippen molar-refractivity contribution in [3.63, 3.8) is 0 Å². The minimum atomic E-state index is -0.777. The van der Waals surface area contributed by atoms with Gasteiger partial charge in [-0.2, -0.15) is 9.83 Å². The molecule has 0 bridgehead atoms. The number of carbonyl (C=O) groups excluding carboxylic acids is 2. The Labute approximate surface area is 270 Å². The molecule has 0 saturated carbocycles. The van der Waals surface area contributed by atoms with Gasteiger partial charge in [-0.05, 0) is 77.1 Å². The summed E-state index contributed by atoms with van der Waals surface area (Å²) in [6.07, 6.45) is 9.72. The Morgan fingerprint density at radius 1 is 1.09 bits per heavy atom. The molecule has 45 heavy (non-hydrogen) atoms. The Balaban J connectivity index is 1.31. The molecule has 0 radical (unpaired) electrons. The van der Waals surface area contributed by atoms with E-state index in [1.165, 1.54) is 0 Å². The third-order valence-electron chi connectivity index (χ3n) is 6.67. The van der Waals surface area contributed by atoms with Crippen LogP contribution in [0.2, 0.25) is 5.02 Å². The van der Waals surface area contributed by atoms with Crippen LogP contribution in [0.3, 0.4) is 0 Å². The third-order valence-corrected chi connectivity index (χ3v) is 6.92. The highest BCUT2D eigenvalue weighted by Crippen LogP contribution is 2.20. The summed E-state index contributed by atoms with van der Waals surface area (Å²) in [6.45, 7) is 7.94. The average Bonchev–Trinajstić information content (AvgIpc) is 3.01. The molecule has 1 aromatic carbocycles. The van der Waals surface area contributed by atoms with Gasteiger partial charge in [0.25, 0.3) is 6.73 Å². The quantitative estimate of drug-likeness (QED) is 0.0522. The fraction of sp³-hybridized carbons (Fsp3) is 0.531. The first kappa shape index (κ1) is 35.2. The summed E-state index contributed by atoms with van der Waals surface area (Å²) < 4.78 is 23.4. The fourth-order valence-corrected chi connectivity index (χ4v) is 4.58. The van der Waals surface area contributed by atoms with E-state index in [1.807, 2.05) is 39.1 Å². The SMILES string of the molecule is CC(C)(C)OC(=O)N1CCCC(COC(=O)OC[n+]2ccc(NC(=NCCCCCCOc3ccc(Cl)cc3)NC#N)cc2)C1. The second kappa shape index (κ2) is 18.5. The van der Waals surface area contributed by atoms with Crippen molar-refractivity contribution in [2.45, 2.75) is 71.6 Å². The molecule has 2 N–H and O–H groups in total. The first-order valence-corrected chi connectivity index (χ1v) is 15.6. The zero-order valence-corrected chi connectivity index (χ0v) is 27.1. The maximum atomic E-state index is 12.3. The molecular formula is C32H44ClN6O6+. The second-order valence-corrected chi connectivity index (χ2v) is 12.1. The van der Waals surface area contributed by atoms with Gasteiger partial charge in [-0.1, -0.05) is 18.0 Å². The van der Waals surface area contributed by atoms with E-state index >= 15 is 0 Å². The van der Waals surface area contributed by atoms with Crippen LogP contribution in [-0.4, -0.2) is 61.6 Å². The van der Waals surface area contributed by atoms with Gasteiger partial charge >= 0.3 is 12.2 Å². The average molecular weight is 644 g/mol. The van der Waals surface area contributed by atoms with E-state index in [0.717, 1.165) is 44.3 Å². The van der Waals surface area contributed by atoms with Crippen molar-refractivity contribution in [1.29, 1.82) is 5.26 Å². The molecule has 1 unspecified atom stereocenters. The smallest absolute Gasteiger partial charge is 0.494 e. The molecule has 13 heteroatoms. The highest BCUT2D eigenvalue weighted by Gasteiger charge is 2.28. The normalized spacial score (nSPS) is 15.0. The lowest BCUT2D eigenvalue weighted by Gasteiger charge is -2.33. The van der Waals surface area contributed by atoms with Crippen LogP contribution in [0.4, 0.5) is 15.3 Å². The van der Waals surface area contributed by atoms with Crippen LogP contribution < -0.4 is 19.9 Å². The molecule has 0 aliphatic carbocycles. The van der Waals surface area contributed by atoms with E-state index < -0.39 is 11.8 Å². The molecule has 244 valence electrons. The van der Waals surface area contributed by atoms with Crippen molar-refractivity contribution in [3.05, 3.63) is 53.8 Å². The van der Waals surface area contributed by atoms with Crippen LogP contribution in [0.15, 0.2) is 53.8 Å². The summed E-state index contributed by atoms with van der Waals surface area (Å²) in [5.74, 6) is 1.19. The number of ether oxygens (including phenoxy) is 4. The summed E-state index contributed by atoms with van der Waals surface area (Å²) in [6, 6.07) is 10.9. The lowest BCUT2D eigenvalue weighted by atomic mass is 9.99. The monoisotopic (exact) mass is 643 g/mol. The Kier molecular flexibility index (Phi) is 14.5. The van der Waals surface area contributed by atoms with Crippen LogP contribution in [0.25, 0.3) is 0 Å². The number of nitrogens with zero attached hydrogens (tertiary/aromatic N) is 4. The van der Waals surface area contributed by atoms with E-state index in [4.69, 9.17) is 35.8 Å². The van der Waals surface area contributed by atoms with Crippen molar-refractivity contribution < 1.29 is 33.1 Å². The van der Waals surface area contributed by atoms with E-state index in [0.29, 0.717) is 42.9 Å². The highest BCUT2D eigenvalue weighted by molar-refractivity contribution is 6.30. The number of halogens is 1. The molecule has 1 amide bonds. The molecule has 1 saturated heterocycles. The van der Waals surface area contributed by atoms with Gasteiger partial charge in [0.05, 0.1) is 18.9 Å². The van der Waals surface area contributed by atoms with E-state index in [-0.39, 0.29) is 25.3 Å². The minimum absolute atomic E-state index is 0.0232. The molecule has 1 aliphatic heterocycles. The highest BCUT2D eigenvalue weighted by atomic mass is 35.5. The Morgan fingerprint density at radius 2 is 1.82 bits per heavy atom. The van der Waals surface area contributed by atoms with Gasteiger partial charge in [0.2, 0.25) is 5.96 Å². The van der Waals surface area contributed by atoms with E-state index in [2.05, 4.69) is 15.6 Å². The van der Waals surface area contributed by atoms with Gasteiger partial charge in [0, 0.05) is 42.7 Å². The molecule has 2 aromatic rings. The summed E-state index contributed by atoms with van der Waals surface area (Å²) >= 11 is 5.88. The number of anilines is 1. The Morgan fingerprint density at radius 3 is 2.53 bits per heavy atom. The Hall–Kier alpha value is -4.24. The van der Waals surface area contributed by atoms with Gasteiger partial charge in [0.1, 0.15) is 11.4 Å². The first-order chi connectivity index (χ1) is 21.6. The molecular weight excluding hydrogens is 600 g/mol. The summed E-state index contributed by atoms with van der Waals surface area (Å²) in [4.78, 5) is 30.6. The second-order valence-electron chi connectivity index (χ2n) is 11.7. The van der Waals surface area contributed by atoms with Crippen LogP contribution in [0, 0.1) is 17.4 Å². The van der Waals surface area contributed by atoms with Crippen molar-refractivity contribution in [2.75, 3.05) is 38.2 Å². The minimum Gasteiger partial charge on any atom is -0.494 e. The number of nitrogens with one attached hydrogen (secondary N) is 2. The molecule has 1 atom stereocenters. The number of rotatable bonds is 13. The third kappa shape index (κ3) is 14.4. The first-order valence-electron chi connectivity index (χ1n) is 15.2. The molecule has 3 rings (SSSR count). The number of likely N-dealkylation sites (tertiary alicyclic amines) is 1. The molecule has 1 fully saturated rings. The molecule has 1 aliphatic rings. The molecule has 0 spiro atoms. The number of carbonyl (C=O) groups is 2. The number of hydrogen-bond acceptors (Lipinski definition) is 8. The van der Waals surface area contributed by atoms with Crippen LogP contribution in [-0.2, 0) is 20.9 Å². The van der Waals surface area contributed by atoms with Crippen LogP contribution in [0.5, 0.6) is 5.75 Å². The lowest BCUT2D eigenvalue weighted by Crippen LogP contribution is -2.44. The number of amides is 1. The Bertz CT molecular complexity index is 1280. The predicted octanol–water partition coefficient (Wildman–Crippen LogP) is 5.86. The van der Waals surface area contributed by atoms with Crippen molar-refractivity contribution in [1.82, 2.24) is 10.2 Å². The van der Waals surface area contributed by atoms with Gasteiger partial charge < -0.3 is 29.2 Å². The summed E-state index contributed by atoms with van der Waals surface area (Å²) in [5, 5.41) is 15.5. The number of aromatic nitrogens is 1. The van der Waals surface area contributed by atoms with Crippen molar-refractivity contribution in [3.8, 4) is 11.9 Å². The predicted molar refractivity (Wildman–Crippen MR) is 170 cm³/mol. The lowest BCUT2D eigenvalue weighted by molar-refractivity contribution is -0.727. The van der Waals surface area contributed by atoms with E-state index in [1.54, 1.807) is 46.1 Å². The van der Waals surface area contributed by atoms with Crippen molar-refractivity contribution in [2.24, 2.45) is 10.9 Å². The largest absolute Gasteiger partial charge is 0.513 e. The number of pyridine rings is 1. The fourth-order valence-electron chi connectivity index (χ4n) is 4.45. The number of benzene rings is 1. The van der Waals surface area contributed by atoms with E-state index in [9.17, 15) is 9.59 Å². The number of aliphatic imine (C=N–C) groups is 1. The summed E-state index contributed by atoms with van der Waals surface area (Å²) in [7, 11) is 0. The van der Waals surface area contributed by atoms with Gasteiger partial charge in [-0.15, -0.1) is 0 Å². The number of hydrogen-bond donors (Lipinski definition) is 2. The maximum Gasteiger partial charge on any atom is 0.513 e. The van der Waals surface area contributed by atoms with Gasteiger partial charge in [-0.25, -0.2) is 9.59 Å². The standard InChI is InChI=1S/C32H43ClN6O6/c1-32(2,3)45-30(40)39-17-8-9-25(21-39)22-43-31(41)44-24-38-18-14-27(15-19-38)37-29(36-23-34)35-16-6-4-5-7-20-42-28-12-10-26(33)11-13-28/h10-15,18-19,25H,4-9,16-17,20-22,24H2,1-3H3,(H,35,36)/p+1. The number of guanidine groups is 1. The topological polar surface area (TPSA) is 138 Å². The molecule has 2 heterocycles.